The van der Waals surface area contributed by atoms with Gasteiger partial charge in [-0.05, 0) is 50.6 Å². The van der Waals surface area contributed by atoms with E-state index in [0.717, 1.165) is 32.5 Å². The Bertz CT molecular complexity index is 557. The Balaban J connectivity index is 1.89. The van der Waals surface area contributed by atoms with E-state index in [-0.39, 0.29) is 11.9 Å². The van der Waals surface area contributed by atoms with Gasteiger partial charge >= 0.3 is 0 Å². The molecule has 0 bridgehead atoms. The third-order valence-electron chi connectivity index (χ3n) is 4.54. The number of amides is 1. The van der Waals surface area contributed by atoms with Crippen LogP contribution in [0.5, 0.6) is 5.75 Å². The zero-order valence-corrected chi connectivity index (χ0v) is 14.2. The number of benzene rings is 1. The molecule has 0 radical (unpaired) electrons. The summed E-state index contributed by atoms with van der Waals surface area (Å²) in [6.07, 6.45) is 1.50. The fourth-order valence-electron chi connectivity index (χ4n) is 2.95. The van der Waals surface area contributed by atoms with Gasteiger partial charge in [-0.2, -0.15) is 5.26 Å². The highest BCUT2D eigenvalue weighted by atomic mass is 16.5. The number of likely N-dealkylation sites (N-methyl/N-ethyl adjacent to an activating group) is 1. The van der Waals surface area contributed by atoms with Crippen molar-refractivity contribution >= 4 is 5.91 Å². The number of hydrogen-bond donors (Lipinski definition) is 0. The summed E-state index contributed by atoms with van der Waals surface area (Å²) in [6.45, 7) is 7.11. The highest BCUT2D eigenvalue weighted by Crippen LogP contribution is 2.18. The van der Waals surface area contributed by atoms with Crippen LogP contribution < -0.4 is 4.74 Å². The second-order valence-corrected chi connectivity index (χ2v) is 6.01. The third-order valence-corrected chi connectivity index (χ3v) is 4.54. The monoisotopic (exact) mass is 315 g/mol. The van der Waals surface area contributed by atoms with Crippen LogP contribution in [0.2, 0.25) is 0 Å². The summed E-state index contributed by atoms with van der Waals surface area (Å²) < 4.78 is 5.72. The number of likely N-dealkylation sites (tertiary alicyclic amines) is 1. The molecule has 1 saturated heterocycles. The van der Waals surface area contributed by atoms with Gasteiger partial charge in [-0.1, -0.05) is 6.92 Å². The molecule has 0 N–H and O–H groups in total. The second-order valence-electron chi connectivity index (χ2n) is 6.01. The lowest BCUT2D eigenvalue weighted by Gasteiger charge is -2.37. The summed E-state index contributed by atoms with van der Waals surface area (Å²) in [4.78, 5) is 16.8. The Hall–Kier alpha value is -2.06. The molecule has 0 aliphatic carbocycles. The van der Waals surface area contributed by atoms with Crippen LogP contribution in [0.4, 0.5) is 0 Å². The lowest BCUT2D eigenvalue weighted by Crippen LogP contribution is -2.48. The van der Waals surface area contributed by atoms with E-state index in [1.807, 2.05) is 11.9 Å². The highest BCUT2D eigenvalue weighted by molar-refractivity contribution is 5.81. The fraction of sp³-hybridized carbons (Fsp3) is 0.556. The van der Waals surface area contributed by atoms with E-state index >= 15 is 0 Å². The van der Waals surface area contributed by atoms with E-state index < -0.39 is 6.10 Å². The minimum atomic E-state index is -0.530. The van der Waals surface area contributed by atoms with Crippen LogP contribution in [-0.4, -0.2) is 54.5 Å². The molecular weight excluding hydrogens is 290 g/mol. The van der Waals surface area contributed by atoms with Gasteiger partial charge in [-0.3, -0.25) is 4.79 Å². The third kappa shape index (κ3) is 4.46. The van der Waals surface area contributed by atoms with Crippen molar-refractivity contribution in [2.24, 2.45) is 0 Å². The first-order valence-corrected chi connectivity index (χ1v) is 8.21. The quantitative estimate of drug-likeness (QED) is 0.836. The van der Waals surface area contributed by atoms with Crippen molar-refractivity contribution in [3.05, 3.63) is 29.8 Å². The van der Waals surface area contributed by atoms with Gasteiger partial charge in [0, 0.05) is 26.2 Å². The Morgan fingerprint density at radius 3 is 2.52 bits per heavy atom. The largest absolute Gasteiger partial charge is 0.481 e. The summed E-state index contributed by atoms with van der Waals surface area (Å²) >= 11 is 0. The molecule has 1 aliphatic rings. The number of piperidine rings is 1. The van der Waals surface area contributed by atoms with Gasteiger partial charge in [-0.25, -0.2) is 0 Å². The van der Waals surface area contributed by atoms with Crippen molar-refractivity contribution in [1.29, 1.82) is 5.26 Å². The van der Waals surface area contributed by atoms with E-state index in [1.165, 1.54) is 0 Å². The Kier molecular flexibility index (Phi) is 6.00. The molecule has 5 heteroatoms. The molecule has 0 saturated carbocycles. The van der Waals surface area contributed by atoms with Crippen LogP contribution in [0.25, 0.3) is 0 Å². The van der Waals surface area contributed by atoms with Crippen LogP contribution in [0, 0.1) is 11.3 Å². The smallest absolute Gasteiger partial charge is 0.263 e. The standard InChI is InChI=1S/C18H25N3O2/c1-4-21-11-9-16(10-12-21)20(3)18(22)14(2)23-17-7-5-15(13-19)6-8-17/h5-8,14,16H,4,9-12H2,1-3H3. The topological polar surface area (TPSA) is 56.6 Å². The van der Waals surface area contributed by atoms with Gasteiger partial charge < -0.3 is 14.5 Å². The van der Waals surface area contributed by atoms with Crippen molar-refractivity contribution < 1.29 is 9.53 Å². The predicted octanol–water partition coefficient (Wildman–Crippen LogP) is 2.27. The van der Waals surface area contributed by atoms with Crippen molar-refractivity contribution in [3.63, 3.8) is 0 Å². The molecule has 1 amide bonds. The Labute approximate surface area is 138 Å². The second kappa shape index (κ2) is 7.98. The summed E-state index contributed by atoms with van der Waals surface area (Å²) in [5.74, 6) is 0.614. The van der Waals surface area contributed by atoms with E-state index in [9.17, 15) is 4.79 Å². The molecule has 23 heavy (non-hydrogen) atoms. The molecule has 1 aliphatic heterocycles. The van der Waals surface area contributed by atoms with Crippen LogP contribution in [0.1, 0.15) is 32.3 Å². The van der Waals surface area contributed by atoms with Crippen molar-refractivity contribution in [1.82, 2.24) is 9.80 Å². The number of carbonyl (C=O) groups is 1. The normalized spacial score (nSPS) is 17.3. The Morgan fingerprint density at radius 2 is 2.00 bits per heavy atom. The SMILES string of the molecule is CCN1CCC(N(C)C(=O)C(C)Oc2ccc(C#N)cc2)CC1. The maximum absolute atomic E-state index is 12.6. The van der Waals surface area contributed by atoms with E-state index in [0.29, 0.717) is 11.3 Å². The van der Waals surface area contributed by atoms with E-state index in [1.54, 1.807) is 31.2 Å². The van der Waals surface area contributed by atoms with E-state index in [2.05, 4.69) is 17.9 Å². The summed E-state index contributed by atoms with van der Waals surface area (Å²) in [5.41, 5.74) is 0.580. The van der Waals surface area contributed by atoms with Crippen LogP contribution in [0.15, 0.2) is 24.3 Å². The number of ether oxygens (including phenoxy) is 1. The van der Waals surface area contributed by atoms with Crippen LogP contribution in [0.3, 0.4) is 0 Å². The number of carbonyl (C=O) groups excluding carboxylic acids is 1. The first-order valence-electron chi connectivity index (χ1n) is 8.21. The average molecular weight is 315 g/mol. The zero-order chi connectivity index (χ0) is 16.8. The summed E-state index contributed by atoms with van der Waals surface area (Å²) in [5, 5.41) is 8.80. The van der Waals surface area contributed by atoms with Gasteiger partial charge in [-0.15, -0.1) is 0 Å². The Morgan fingerprint density at radius 1 is 1.39 bits per heavy atom. The van der Waals surface area contributed by atoms with Gasteiger partial charge in [0.05, 0.1) is 11.6 Å². The minimum absolute atomic E-state index is 0.00399. The molecule has 1 atom stereocenters. The number of rotatable bonds is 5. The minimum Gasteiger partial charge on any atom is -0.481 e. The van der Waals surface area contributed by atoms with E-state index in [4.69, 9.17) is 10.00 Å². The van der Waals surface area contributed by atoms with Crippen LogP contribution >= 0.6 is 0 Å². The van der Waals surface area contributed by atoms with Crippen molar-refractivity contribution in [2.45, 2.75) is 38.8 Å². The lowest BCUT2D eigenvalue weighted by molar-refractivity contribution is -0.139. The molecular formula is C18H25N3O2. The molecule has 2 rings (SSSR count). The van der Waals surface area contributed by atoms with Crippen molar-refractivity contribution in [2.75, 3.05) is 26.7 Å². The maximum Gasteiger partial charge on any atom is 0.263 e. The molecule has 1 heterocycles. The molecule has 0 spiro atoms. The number of nitriles is 1. The zero-order valence-electron chi connectivity index (χ0n) is 14.2. The van der Waals surface area contributed by atoms with Crippen molar-refractivity contribution in [3.8, 4) is 11.8 Å². The number of hydrogen-bond acceptors (Lipinski definition) is 4. The number of nitrogens with zero attached hydrogens (tertiary/aromatic N) is 3. The first kappa shape index (κ1) is 17.3. The molecule has 1 aromatic carbocycles. The fourth-order valence-corrected chi connectivity index (χ4v) is 2.95. The molecule has 5 nitrogen and oxygen atoms in total. The van der Waals surface area contributed by atoms with Gasteiger partial charge in [0.1, 0.15) is 5.75 Å². The maximum atomic E-state index is 12.6. The van der Waals surface area contributed by atoms with Gasteiger partial charge in [0.15, 0.2) is 6.10 Å². The van der Waals surface area contributed by atoms with Gasteiger partial charge in [0.2, 0.25) is 0 Å². The van der Waals surface area contributed by atoms with Crippen LogP contribution in [-0.2, 0) is 4.79 Å². The summed E-state index contributed by atoms with van der Waals surface area (Å²) in [6, 6.07) is 9.19. The predicted molar refractivity (Wildman–Crippen MR) is 89.2 cm³/mol. The lowest BCUT2D eigenvalue weighted by atomic mass is 10.0. The average Bonchev–Trinajstić information content (AvgIpc) is 2.61. The van der Waals surface area contributed by atoms with Gasteiger partial charge in [0.25, 0.3) is 5.91 Å². The molecule has 1 unspecified atom stereocenters. The molecule has 0 aromatic heterocycles. The highest BCUT2D eigenvalue weighted by Gasteiger charge is 2.28. The first-order chi connectivity index (χ1) is 11.0. The summed E-state index contributed by atoms with van der Waals surface area (Å²) in [7, 11) is 1.87. The molecule has 1 fully saturated rings. The molecule has 124 valence electrons. The molecule has 1 aromatic rings.